The van der Waals surface area contributed by atoms with Crippen LogP contribution in [0.3, 0.4) is 0 Å². The van der Waals surface area contributed by atoms with Crippen molar-refractivity contribution >= 4 is 17.6 Å². The number of carbonyl (C=O) groups excluding carboxylic acids is 1. The number of halogens is 1. The van der Waals surface area contributed by atoms with Crippen LogP contribution in [0.15, 0.2) is 12.3 Å². The molecule has 1 aromatic heterocycles. The van der Waals surface area contributed by atoms with Crippen molar-refractivity contribution in [1.82, 2.24) is 4.98 Å². The molecule has 0 aliphatic heterocycles. The Morgan fingerprint density at radius 3 is 2.93 bits per heavy atom. The SMILES string of the molecule is COC(=O)c1c(C2CC2)ccnc1Cl. The number of rotatable bonds is 2. The molecule has 0 atom stereocenters. The van der Waals surface area contributed by atoms with E-state index in [2.05, 4.69) is 9.72 Å². The minimum absolute atomic E-state index is 0.237. The lowest BCUT2D eigenvalue weighted by atomic mass is 10.1. The van der Waals surface area contributed by atoms with Gasteiger partial charge in [0, 0.05) is 6.20 Å². The smallest absolute Gasteiger partial charge is 0.341 e. The van der Waals surface area contributed by atoms with Crippen molar-refractivity contribution in [3.8, 4) is 0 Å². The highest BCUT2D eigenvalue weighted by Crippen LogP contribution is 2.42. The van der Waals surface area contributed by atoms with E-state index in [0.717, 1.165) is 18.4 Å². The second-order valence-corrected chi connectivity index (χ2v) is 3.69. The molecule has 4 heteroatoms. The van der Waals surface area contributed by atoms with Crippen LogP contribution in [-0.4, -0.2) is 18.1 Å². The van der Waals surface area contributed by atoms with E-state index in [1.54, 1.807) is 6.20 Å². The molecule has 0 radical (unpaired) electrons. The first-order chi connectivity index (χ1) is 6.74. The Labute approximate surface area is 87.0 Å². The lowest BCUT2D eigenvalue weighted by Crippen LogP contribution is -2.07. The van der Waals surface area contributed by atoms with Crippen molar-refractivity contribution in [2.45, 2.75) is 18.8 Å². The lowest BCUT2D eigenvalue weighted by molar-refractivity contribution is 0.0599. The summed E-state index contributed by atoms with van der Waals surface area (Å²) in [5.41, 5.74) is 1.40. The highest BCUT2D eigenvalue weighted by atomic mass is 35.5. The molecule has 0 unspecified atom stereocenters. The van der Waals surface area contributed by atoms with Gasteiger partial charge < -0.3 is 4.74 Å². The number of esters is 1. The third-order valence-corrected chi connectivity index (χ3v) is 2.63. The first kappa shape index (κ1) is 9.46. The highest BCUT2D eigenvalue weighted by Gasteiger charge is 2.30. The molecule has 1 saturated carbocycles. The maximum atomic E-state index is 11.4. The summed E-state index contributed by atoms with van der Waals surface area (Å²) in [6.45, 7) is 0. The predicted octanol–water partition coefficient (Wildman–Crippen LogP) is 2.40. The Morgan fingerprint density at radius 1 is 1.64 bits per heavy atom. The first-order valence-corrected chi connectivity index (χ1v) is 4.84. The van der Waals surface area contributed by atoms with E-state index in [0.29, 0.717) is 11.5 Å². The maximum absolute atomic E-state index is 11.4. The van der Waals surface area contributed by atoms with Gasteiger partial charge in [-0.1, -0.05) is 11.6 Å². The molecule has 0 spiro atoms. The van der Waals surface area contributed by atoms with Gasteiger partial charge in [-0.15, -0.1) is 0 Å². The van der Waals surface area contributed by atoms with Gasteiger partial charge in [0.15, 0.2) is 0 Å². The van der Waals surface area contributed by atoms with E-state index in [4.69, 9.17) is 11.6 Å². The summed E-state index contributed by atoms with van der Waals surface area (Å²) in [7, 11) is 1.35. The van der Waals surface area contributed by atoms with Crippen LogP contribution in [0.2, 0.25) is 5.15 Å². The van der Waals surface area contributed by atoms with Gasteiger partial charge in [-0.2, -0.15) is 0 Å². The van der Waals surface area contributed by atoms with Crippen LogP contribution in [-0.2, 0) is 4.74 Å². The molecule has 0 aromatic carbocycles. The van der Waals surface area contributed by atoms with E-state index in [-0.39, 0.29) is 5.15 Å². The third kappa shape index (κ3) is 1.60. The van der Waals surface area contributed by atoms with Crippen LogP contribution in [0.4, 0.5) is 0 Å². The number of hydrogen-bond acceptors (Lipinski definition) is 3. The Balaban J connectivity index is 2.47. The number of nitrogens with zero attached hydrogens (tertiary/aromatic N) is 1. The second kappa shape index (κ2) is 3.58. The van der Waals surface area contributed by atoms with Crippen LogP contribution in [0.1, 0.15) is 34.7 Å². The van der Waals surface area contributed by atoms with Crippen LogP contribution in [0, 0.1) is 0 Å². The third-order valence-electron chi connectivity index (χ3n) is 2.34. The zero-order valence-electron chi connectivity index (χ0n) is 7.79. The highest BCUT2D eigenvalue weighted by molar-refractivity contribution is 6.32. The van der Waals surface area contributed by atoms with Crippen LogP contribution < -0.4 is 0 Å². The minimum atomic E-state index is -0.398. The standard InChI is InChI=1S/C10H10ClNO2/c1-14-10(13)8-7(6-2-3-6)4-5-12-9(8)11/h4-6H,2-3H2,1H3. The predicted molar refractivity (Wildman–Crippen MR) is 52.6 cm³/mol. The van der Waals surface area contributed by atoms with Gasteiger partial charge in [0.1, 0.15) is 10.7 Å². The number of aromatic nitrogens is 1. The van der Waals surface area contributed by atoms with Crippen molar-refractivity contribution in [3.05, 3.63) is 28.5 Å². The molecule has 3 nitrogen and oxygen atoms in total. The molecule has 0 N–H and O–H groups in total. The van der Waals surface area contributed by atoms with E-state index in [1.807, 2.05) is 6.07 Å². The zero-order chi connectivity index (χ0) is 10.1. The van der Waals surface area contributed by atoms with Crippen molar-refractivity contribution in [1.29, 1.82) is 0 Å². The molecule has 14 heavy (non-hydrogen) atoms. The molecule has 1 heterocycles. The average Bonchev–Trinajstić information content (AvgIpc) is 2.99. The summed E-state index contributed by atoms with van der Waals surface area (Å²) in [4.78, 5) is 15.3. The molecule has 1 fully saturated rings. The van der Waals surface area contributed by atoms with Crippen molar-refractivity contribution in [2.24, 2.45) is 0 Å². The summed E-state index contributed by atoms with van der Waals surface area (Å²) in [5.74, 6) is 0.0644. The fourth-order valence-electron chi connectivity index (χ4n) is 1.49. The molecule has 1 aromatic rings. The Hall–Kier alpha value is -1.09. The molecule has 2 rings (SSSR count). The largest absolute Gasteiger partial charge is 0.465 e. The number of ether oxygens (including phenoxy) is 1. The van der Waals surface area contributed by atoms with Gasteiger partial charge >= 0.3 is 5.97 Å². The summed E-state index contributed by atoms with van der Waals surface area (Å²) in [6.07, 6.45) is 3.86. The van der Waals surface area contributed by atoms with E-state index in [9.17, 15) is 4.79 Å². The number of pyridine rings is 1. The van der Waals surface area contributed by atoms with Crippen LogP contribution in [0.5, 0.6) is 0 Å². The quantitative estimate of drug-likeness (QED) is 0.557. The number of carbonyl (C=O) groups is 1. The normalized spacial score (nSPS) is 15.3. The summed E-state index contributed by atoms with van der Waals surface area (Å²) < 4.78 is 4.67. The van der Waals surface area contributed by atoms with Crippen molar-refractivity contribution in [3.63, 3.8) is 0 Å². The Morgan fingerprint density at radius 2 is 2.36 bits per heavy atom. The Kier molecular flexibility index (Phi) is 2.42. The van der Waals surface area contributed by atoms with Gasteiger partial charge in [-0.05, 0) is 30.4 Å². The molecule has 0 bridgehead atoms. The van der Waals surface area contributed by atoms with Gasteiger partial charge in [0.05, 0.1) is 7.11 Å². The first-order valence-electron chi connectivity index (χ1n) is 4.46. The topological polar surface area (TPSA) is 39.2 Å². The fraction of sp³-hybridized carbons (Fsp3) is 0.400. The van der Waals surface area contributed by atoms with E-state index >= 15 is 0 Å². The molecule has 1 aliphatic carbocycles. The number of hydrogen-bond donors (Lipinski definition) is 0. The molecule has 0 saturated heterocycles. The summed E-state index contributed by atoms with van der Waals surface area (Å²) in [6, 6.07) is 1.84. The molecular formula is C10H10ClNO2. The zero-order valence-corrected chi connectivity index (χ0v) is 8.54. The Bertz CT molecular complexity index is 374. The second-order valence-electron chi connectivity index (χ2n) is 3.33. The van der Waals surface area contributed by atoms with Crippen LogP contribution >= 0.6 is 11.6 Å². The van der Waals surface area contributed by atoms with Gasteiger partial charge in [0.25, 0.3) is 0 Å². The van der Waals surface area contributed by atoms with Crippen LogP contribution in [0.25, 0.3) is 0 Å². The van der Waals surface area contributed by atoms with Gasteiger partial charge in [0.2, 0.25) is 0 Å². The van der Waals surface area contributed by atoms with E-state index < -0.39 is 5.97 Å². The molecule has 74 valence electrons. The van der Waals surface area contributed by atoms with E-state index in [1.165, 1.54) is 7.11 Å². The van der Waals surface area contributed by atoms with Gasteiger partial charge in [-0.3, -0.25) is 0 Å². The summed E-state index contributed by atoms with van der Waals surface area (Å²) in [5, 5.41) is 0.237. The lowest BCUT2D eigenvalue weighted by Gasteiger charge is -2.07. The molecule has 1 aliphatic rings. The van der Waals surface area contributed by atoms with Gasteiger partial charge in [-0.25, -0.2) is 9.78 Å². The summed E-state index contributed by atoms with van der Waals surface area (Å²) >= 11 is 5.86. The monoisotopic (exact) mass is 211 g/mol. The average molecular weight is 212 g/mol. The minimum Gasteiger partial charge on any atom is -0.465 e. The molecule has 0 amide bonds. The molecular weight excluding hydrogens is 202 g/mol. The van der Waals surface area contributed by atoms with Crippen molar-refractivity contribution < 1.29 is 9.53 Å². The number of methoxy groups -OCH3 is 1. The fourth-order valence-corrected chi connectivity index (χ4v) is 1.73. The maximum Gasteiger partial charge on any atom is 0.341 e. The van der Waals surface area contributed by atoms with Crippen molar-refractivity contribution in [2.75, 3.05) is 7.11 Å².